The third-order valence-electron chi connectivity index (χ3n) is 4.23. The first-order valence-electron chi connectivity index (χ1n) is 8.34. The van der Waals surface area contributed by atoms with Crippen LogP contribution in [0, 0.1) is 6.92 Å². The van der Waals surface area contributed by atoms with Gasteiger partial charge in [-0.05, 0) is 58.7 Å². The van der Waals surface area contributed by atoms with E-state index in [0.717, 1.165) is 21.9 Å². The number of aryl methyl sites for hydroxylation is 2. The Morgan fingerprint density at radius 1 is 1.42 bits per heavy atom. The summed E-state index contributed by atoms with van der Waals surface area (Å²) in [6, 6.07) is 5.77. The third-order valence-corrected chi connectivity index (χ3v) is 5.24. The number of rotatable bonds is 5. The van der Waals surface area contributed by atoms with Gasteiger partial charge in [0.25, 0.3) is 0 Å². The number of para-hydroxylation sites is 1. The van der Waals surface area contributed by atoms with E-state index in [9.17, 15) is 4.79 Å². The van der Waals surface area contributed by atoms with Gasteiger partial charge in [0.1, 0.15) is 17.4 Å². The van der Waals surface area contributed by atoms with Crippen LogP contribution < -0.4 is 10.4 Å². The standard InChI is InChI=1S/C17H18N4O2S/c1-11-5-3-4-6-15(11)23-9-13-14(12-7-8-12)10-24-16(13)21-17(22)20(2)18-19-21/h3-6,10,12H,7-9H2,1-2H3/i3T. The van der Waals surface area contributed by atoms with Gasteiger partial charge < -0.3 is 4.74 Å². The van der Waals surface area contributed by atoms with Gasteiger partial charge in [-0.2, -0.15) is 4.68 Å². The van der Waals surface area contributed by atoms with Crippen molar-refractivity contribution in [3.8, 4) is 10.8 Å². The molecule has 4 rings (SSSR count). The van der Waals surface area contributed by atoms with Gasteiger partial charge in [-0.3, -0.25) is 0 Å². The maximum Gasteiger partial charge on any atom is 0.368 e. The zero-order valence-corrected chi connectivity index (χ0v) is 14.3. The van der Waals surface area contributed by atoms with Crippen molar-refractivity contribution in [3.63, 3.8) is 0 Å². The number of hydrogen-bond donors (Lipinski definition) is 0. The molecule has 3 aromatic rings. The van der Waals surface area contributed by atoms with Gasteiger partial charge in [-0.25, -0.2) is 4.79 Å². The molecule has 0 spiro atoms. The first-order chi connectivity index (χ1) is 12.0. The Hall–Kier alpha value is -2.41. The van der Waals surface area contributed by atoms with E-state index < -0.39 is 0 Å². The molecule has 0 bridgehead atoms. The monoisotopic (exact) mass is 344 g/mol. The molecule has 1 aromatic carbocycles. The Bertz CT molecular complexity index is 987. The molecule has 1 aliphatic rings. The molecular formula is C17H18N4O2S. The second-order valence-corrected chi connectivity index (χ2v) is 6.88. The van der Waals surface area contributed by atoms with E-state index in [-0.39, 0.29) is 5.69 Å². The predicted molar refractivity (Wildman–Crippen MR) is 92.0 cm³/mol. The quantitative estimate of drug-likeness (QED) is 0.714. The zero-order valence-electron chi connectivity index (χ0n) is 14.5. The van der Waals surface area contributed by atoms with Crippen LogP contribution in [-0.2, 0) is 13.7 Å². The minimum atomic E-state index is -0.264. The van der Waals surface area contributed by atoms with Gasteiger partial charge in [-0.15, -0.1) is 16.0 Å². The van der Waals surface area contributed by atoms with E-state index in [2.05, 4.69) is 15.8 Å². The Labute approximate surface area is 144 Å². The van der Waals surface area contributed by atoms with Crippen molar-refractivity contribution >= 4 is 11.3 Å². The molecular weight excluding hydrogens is 324 g/mol. The molecule has 0 N–H and O–H groups in total. The molecule has 7 heteroatoms. The molecule has 0 aliphatic heterocycles. The van der Waals surface area contributed by atoms with Gasteiger partial charge in [0.2, 0.25) is 0 Å². The lowest BCUT2D eigenvalue weighted by atomic mass is 10.1. The molecule has 1 saturated carbocycles. The predicted octanol–water partition coefficient (Wildman–Crippen LogP) is 2.79. The highest BCUT2D eigenvalue weighted by Crippen LogP contribution is 2.45. The van der Waals surface area contributed by atoms with Crippen molar-refractivity contribution in [1.82, 2.24) is 19.8 Å². The summed E-state index contributed by atoms with van der Waals surface area (Å²) in [5.41, 5.74) is 2.91. The van der Waals surface area contributed by atoms with E-state index in [4.69, 9.17) is 6.11 Å². The molecule has 0 saturated heterocycles. The molecule has 0 radical (unpaired) electrons. The number of aromatic nitrogens is 4. The SMILES string of the molecule is [3H]c1ccc(OCc2c(C3CC3)csc2-n2nnn(C)c2=O)c(C)c1. The largest absolute Gasteiger partial charge is 0.489 e. The van der Waals surface area contributed by atoms with E-state index in [1.165, 1.54) is 39.1 Å². The Kier molecular flexibility index (Phi) is 3.44. The summed E-state index contributed by atoms with van der Waals surface area (Å²) in [5, 5.41) is 10.7. The van der Waals surface area contributed by atoms with Crippen molar-refractivity contribution in [2.24, 2.45) is 7.05 Å². The summed E-state index contributed by atoms with van der Waals surface area (Å²) in [4.78, 5) is 12.2. The third kappa shape index (κ3) is 2.65. The Balaban J connectivity index is 1.69. The topological polar surface area (TPSA) is 61.9 Å². The smallest absolute Gasteiger partial charge is 0.368 e. The first-order valence-corrected chi connectivity index (χ1v) is 8.72. The van der Waals surface area contributed by atoms with Crippen molar-refractivity contribution in [3.05, 3.63) is 56.8 Å². The van der Waals surface area contributed by atoms with Crippen LogP contribution in [0.25, 0.3) is 5.00 Å². The van der Waals surface area contributed by atoms with Crippen LogP contribution in [0.4, 0.5) is 0 Å². The summed E-state index contributed by atoms with van der Waals surface area (Å²) in [7, 11) is 1.59. The van der Waals surface area contributed by atoms with Gasteiger partial charge >= 0.3 is 5.69 Å². The summed E-state index contributed by atoms with van der Waals surface area (Å²) in [6.45, 7) is 2.29. The van der Waals surface area contributed by atoms with Crippen LogP contribution in [0.3, 0.4) is 0 Å². The average Bonchev–Trinajstić information content (AvgIpc) is 3.27. The normalized spacial score (nSPS) is 14.7. The lowest BCUT2D eigenvalue weighted by molar-refractivity contribution is 0.303. The molecule has 6 nitrogen and oxygen atoms in total. The number of hydrogen-bond acceptors (Lipinski definition) is 5. The zero-order chi connectivity index (χ0) is 17.6. The minimum Gasteiger partial charge on any atom is -0.489 e. The van der Waals surface area contributed by atoms with Gasteiger partial charge in [0, 0.05) is 12.6 Å². The van der Waals surface area contributed by atoms with E-state index in [0.29, 0.717) is 18.6 Å². The first kappa shape index (κ1) is 14.0. The van der Waals surface area contributed by atoms with E-state index in [1.54, 1.807) is 19.2 Å². The molecule has 2 aromatic heterocycles. The number of ether oxygens (including phenoxy) is 1. The second-order valence-electron chi connectivity index (χ2n) is 6.03. The summed E-state index contributed by atoms with van der Waals surface area (Å²) in [5.74, 6) is 1.30. The van der Waals surface area contributed by atoms with Gasteiger partial charge in [0.05, 0.1) is 1.37 Å². The average molecular weight is 344 g/mol. The molecule has 0 atom stereocenters. The van der Waals surface area contributed by atoms with E-state index in [1.807, 2.05) is 13.0 Å². The molecule has 2 heterocycles. The molecule has 24 heavy (non-hydrogen) atoms. The molecule has 0 unspecified atom stereocenters. The van der Waals surface area contributed by atoms with Gasteiger partial charge in [0.15, 0.2) is 0 Å². The molecule has 1 aliphatic carbocycles. The molecule has 1 fully saturated rings. The van der Waals surface area contributed by atoms with E-state index >= 15 is 0 Å². The summed E-state index contributed by atoms with van der Waals surface area (Å²) in [6.07, 6.45) is 2.34. The van der Waals surface area contributed by atoms with Crippen molar-refractivity contribution in [2.45, 2.75) is 32.3 Å². The minimum absolute atomic E-state index is 0.264. The fourth-order valence-electron chi connectivity index (χ4n) is 2.70. The van der Waals surface area contributed by atoms with Crippen LogP contribution in [0.5, 0.6) is 5.75 Å². The highest BCUT2D eigenvalue weighted by Gasteiger charge is 2.30. The van der Waals surface area contributed by atoms with Crippen molar-refractivity contribution in [1.29, 1.82) is 0 Å². The highest BCUT2D eigenvalue weighted by molar-refractivity contribution is 7.12. The Morgan fingerprint density at radius 3 is 2.92 bits per heavy atom. The number of tetrazole rings is 1. The lowest BCUT2D eigenvalue weighted by Crippen LogP contribution is -2.22. The fraction of sp³-hybridized carbons (Fsp3) is 0.353. The maximum absolute atomic E-state index is 12.2. The van der Waals surface area contributed by atoms with Crippen LogP contribution in [-0.4, -0.2) is 19.8 Å². The number of nitrogens with zero attached hydrogens (tertiary/aromatic N) is 4. The molecule has 0 amide bonds. The highest BCUT2D eigenvalue weighted by atomic mass is 32.1. The summed E-state index contributed by atoms with van der Waals surface area (Å²) < 4.78 is 16.2. The molecule has 124 valence electrons. The number of thiophene rings is 1. The fourth-order valence-corrected chi connectivity index (χ4v) is 3.80. The van der Waals surface area contributed by atoms with Crippen LogP contribution in [0.15, 0.2) is 34.4 Å². The summed E-state index contributed by atoms with van der Waals surface area (Å²) >= 11 is 1.50. The lowest BCUT2D eigenvalue weighted by Gasteiger charge is -2.11. The van der Waals surface area contributed by atoms with Crippen molar-refractivity contribution < 1.29 is 6.11 Å². The van der Waals surface area contributed by atoms with Crippen molar-refractivity contribution in [2.75, 3.05) is 0 Å². The second kappa shape index (κ2) is 5.90. The van der Waals surface area contributed by atoms with Crippen LogP contribution >= 0.6 is 11.3 Å². The Morgan fingerprint density at radius 2 is 2.25 bits per heavy atom. The van der Waals surface area contributed by atoms with Crippen LogP contribution in [0.2, 0.25) is 0 Å². The van der Waals surface area contributed by atoms with Crippen LogP contribution in [0.1, 0.15) is 36.8 Å². The number of benzene rings is 1. The van der Waals surface area contributed by atoms with Gasteiger partial charge in [-0.1, -0.05) is 18.2 Å². The maximum atomic E-state index is 12.2.